The van der Waals surface area contributed by atoms with Crippen molar-refractivity contribution in [2.24, 2.45) is 11.8 Å². The maximum absolute atomic E-state index is 12.9. The van der Waals surface area contributed by atoms with E-state index in [1.165, 1.54) is 5.56 Å². The normalized spacial score (nSPS) is 25.7. The second-order valence-electron chi connectivity index (χ2n) is 6.68. The van der Waals surface area contributed by atoms with Gasteiger partial charge in [0, 0.05) is 50.6 Å². The second kappa shape index (κ2) is 6.69. The molecule has 0 radical (unpaired) electrons. The Morgan fingerprint density at radius 1 is 1.21 bits per heavy atom. The Balaban J connectivity index is 1.51. The van der Waals surface area contributed by atoms with Crippen LogP contribution in [0.15, 0.2) is 48.9 Å². The molecular weight excluding hydrogens is 300 g/mol. The minimum Gasteiger partial charge on any atom is -0.335 e. The first-order valence-corrected chi connectivity index (χ1v) is 8.63. The lowest BCUT2D eigenvalue weighted by Gasteiger charge is -2.28. The van der Waals surface area contributed by atoms with E-state index in [0.29, 0.717) is 24.7 Å². The summed E-state index contributed by atoms with van der Waals surface area (Å²) >= 11 is 0. The number of likely N-dealkylation sites (tertiary alicyclic amines) is 1. The Morgan fingerprint density at radius 3 is 2.88 bits per heavy atom. The first-order valence-electron chi connectivity index (χ1n) is 8.63. The monoisotopic (exact) mass is 322 g/mol. The van der Waals surface area contributed by atoms with Crippen LogP contribution in [0.1, 0.15) is 23.7 Å². The van der Waals surface area contributed by atoms with Crippen molar-refractivity contribution in [1.29, 1.82) is 0 Å². The summed E-state index contributed by atoms with van der Waals surface area (Å²) in [6.07, 6.45) is 6.22. The average Bonchev–Trinajstić information content (AvgIpc) is 3.22. The summed E-state index contributed by atoms with van der Waals surface area (Å²) in [5.74, 6) is 1.31. The van der Waals surface area contributed by atoms with Crippen LogP contribution in [-0.2, 0) is 11.2 Å². The Hall–Kier alpha value is -2.27. The fraction of sp³-hybridized carbons (Fsp3) is 0.421. The highest BCUT2D eigenvalue weighted by Crippen LogP contribution is 2.42. The van der Waals surface area contributed by atoms with E-state index >= 15 is 0 Å². The van der Waals surface area contributed by atoms with Crippen molar-refractivity contribution in [3.05, 3.63) is 60.2 Å². The zero-order chi connectivity index (χ0) is 16.4. The SMILES string of the molecule is O=C(CCc1cnccn1)N1C[C@@H]2CNC[C@@H]2[C@@H]1c1ccccc1. The Morgan fingerprint density at radius 2 is 2.08 bits per heavy atom. The Kier molecular flexibility index (Phi) is 4.26. The molecule has 1 N–H and O–H groups in total. The summed E-state index contributed by atoms with van der Waals surface area (Å²) in [6, 6.07) is 10.6. The molecule has 24 heavy (non-hydrogen) atoms. The van der Waals surface area contributed by atoms with E-state index < -0.39 is 0 Å². The quantitative estimate of drug-likeness (QED) is 0.933. The Bertz CT molecular complexity index is 691. The number of carbonyl (C=O) groups is 1. The molecule has 2 aliphatic heterocycles. The number of aromatic nitrogens is 2. The van der Waals surface area contributed by atoms with Gasteiger partial charge in [0.1, 0.15) is 0 Å². The van der Waals surface area contributed by atoms with E-state index in [1.54, 1.807) is 18.6 Å². The third-order valence-electron chi connectivity index (χ3n) is 5.24. The molecule has 0 bridgehead atoms. The molecule has 0 aliphatic carbocycles. The van der Waals surface area contributed by atoms with Gasteiger partial charge in [-0.3, -0.25) is 14.8 Å². The first kappa shape index (κ1) is 15.3. The summed E-state index contributed by atoms with van der Waals surface area (Å²) in [4.78, 5) is 23.3. The molecule has 3 heterocycles. The topological polar surface area (TPSA) is 58.1 Å². The van der Waals surface area contributed by atoms with E-state index in [1.807, 2.05) is 6.07 Å². The molecule has 1 aromatic heterocycles. The predicted molar refractivity (Wildman–Crippen MR) is 91.1 cm³/mol. The molecule has 3 atom stereocenters. The highest BCUT2D eigenvalue weighted by atomic mass is 16.2. The van der Waals surface area contributed by atoms with Crippen LogP contribution in [0, 0.1) is 11.8 Å². The van der Waals surface area contributed by atoms with Crippen molar-refractivity contribution in [3.8, 4) is 0 Å². The lowest BCUT2D eigenvalue weighted by molar-refractivity contribution is -0.132. The van der Waals surface area contributed by atoms with Crippen LogP contribution in [0.2, 0.25) is 0 Å². The summed E-state index contributed by atoms with van der Waals surface area (Å²) in [7, 11) is 0. The fourth-order valence-electron chi connectivity index (χ4n) is 4.09. The molecule has 0 unspecified atom stereocenters. The number of nitrogens with zero attached hydrogens (tertiary/aromatic N) is 3. The molecule has 2 saturated heterocycles. The largest absolute Gasteiger partial charge is 0.335 e. The number of aryl methyl sites for hydroxylation is 1. The van der Waals surface area contributed by atoms with Crippen LogP contribution in [0.25, 0.3) is 0 Å². The number of carbonyl (C=O) groups excluding carboxylic acids is 1. The van der Waals surface area contributed by atoms with Crippen LogP contribution in [0.4, 0.5) is 0 Å². The second-order valence-corrected chi connectivity index (χ2v) is 6.68. The fourth-order valence-corrected chi connectivity index (χ4v) is 4.09. The maximum Gasteiger partial charge on any atom is 0.223 e. The van der Waals surface area contributed by atoms with Gasteiger partial charge in [0.05, 0.1) is 11.7 Å². The third kappa shape index (κ3) is 2.91. The molecule has 4 rings (SSSR count). The van der Waals surface area contributed by atoms with E-state index in [2.05, 4.69) is 44.5 Å². The number of fused-ring (bicyclic) bond motifs is 1. The summed E-state index contributed by atoms with van der Waals surface area (Å²) < 4.78 is 0. The number of amides is 1. The molecule has 2 aromatic rings. The molecule has 0 saturated carbocycles. The highest BCUT2D eigenvalue weighted by Gasteiger charge is 2.46. The van der Waals surface area contributed by atoms with Gasteiger partial charge in [-0.05, 0) is 17.9 Å². The number of hydrogen-bond acceptors (Lipinski definition) is 4. The molecule has 5 heteroatoms. The molecule has 1 aromatic carbocycles. The van der Waals surface area contributed by atoms with Gasteiger partial charge < -0.3 is 10.2 Å². The minimum absolute atomic E-state index is 0.195. The zero-order valence-corrected chi connectivity index (χ0v) is 13.6. The van der Waals surface area contributed by atoms with E-state index in [4.69, 9.17) is 0 Å². The third-order valence-corrected chi connectivity index (χ3v) is 5.24. The first-order chi connectivity index (χ1) is 11.8. The van der Waals surface area contributed by atoms with Crippen LogP contribution in [0.5, 0.6) is 0 Å². The van der Waals surface area contributed by atoms with Gasteiger partial charge in [0.2, 0.25) is 5.91 Å². The van der Waals surface area contributed by atoms with Crippen molar-refractivity contribution < 1.29 is 4.79 Å². The number of nitrogens with one attached hydrogen (secondary N) is 1. The van der Waals surface area contributed by atoms with Gasteiger partial charge in [0.25, 0.3) is 0 Å². The van der Waals surface area contributed by atoms with Crippen LogP contribution in [0.3, 0.4) is 0 Å². The lowest BCUT2D eigenvalue weighted by atomic mass is 9.89. The van der Waals surface area contributed by atoms with Gasteiger partial charge in [0.15, 0.2) is 0 Å². The van der Waals surface area contributed by atoms with Gasteiger partial charge in [-0.25, -0.2) is 0 Å². The van der Waals surface area contributed by atoms with Crippen molar-refractivity contribution in [1.82, 2.24) is 20.2 Å². The Labute approximate surface area is 142 Å². The average molecular weight is 322 g/mol. The van der Waals surface area contributed by atoms with E-state index in [9.17, 15) is 4.79 Å². The number of benzene rings is 1. The van der Waals surface area contributed by atoms with Gasteiger partial charge in [-0.2, -0.15) is 0 Å². The van der Waals surface area contributed by atoms with Gasteiger partial charge in [-0.15, -0.1) is 0 Å². The van der Waals surface area contributed by atoms with Crippen molar-refractivity contribution in [2.75, 3.05) is 19.6 Å². The number of rotatable bonds is 4. The standard InChI is InChI=1S/C19H22N4O/c24-18(7-6-16-11-20-8-9-22-16)23-13-15-10-21-12-17(15)19(23)14-4-2-1-3-5-14/h1-5,8-9,11,15,17,19,21H,6-7,10,12-13H2/t15-,17-,19-/m0/s1. The summed E-state index contributed by atoms with van der Waals surface area (Å²) in [5, 5.41) is 3.49. The summed E-state index contributed by atoms with van der Waals surface area (Å²) in [5.41, 5.74) is 2.13. The smallest absolute Gasteiger partial charge is 0.223 e. The van der Waals surface area contributed by atoms with Crippen molar-refractivity contribution in [2.45, 2.75) is 18.9 Å². The molecule has 2 fully saturated rings. The predicted octanol–water partition coefficient (Wildman–Crippen LogP) is 1.83. The maximum atomic E-state index is 12.9. The van der Waals surface area contributed by atoms with Gasteiger partial charge in [-0.1, -0.05) is 30.3 Å². The van der Waals surface area contributed by atoms with Crippen LogP contribution in [-0.4, -0.2) is 40.4 Å². The van der Waals surface area contributed by atoms with E-state index in [0.717, 1.165) is 25.3 Å². The molecule has 2 aliphatic rings. The molecule has 124 valence electrons. The van der Waals surface area contributed by atoms with Crippen LogP contribution >= 0.6 is 0 Å². The summed E-state index contributed by atoms with van der Waals surface area (Å²) in [6.45, 7) is 2.87. The number of hydrogen-bond donors (Lipinski definition) is 1. The lowest BCUT2D eigenvalue weighted by Crippen LogP contribution is -2.34. The zero-order valence-electron chi connectivity index (χ0n) is 13.6. The van der Waals surface area contributed by atoms with Gasteiger partial charge >= 0.3 is 0 Å². The molecular formula is C19H22N4O. The van der Waals surface area contributed by atoms with E-state index in [-0.39, 0.29) is 11.9 Å². The minimum atomic E-state index is 0.195. The molecule has 1 amide bonds. The molecule has 0 spiro atoms. The van der Waals surface area contributed by atoms with Crippen molar-refractivity contribution >= 4 is 5.91 Å². The molecule has 5 nitrogen and oxygen atoms in total. The highest BCUT2D eigenvalue weighted by molar-refractivity contribution is 5.77. The van der Waals surface area contributed by atoms with Crippen molar-refractivity contribution in [3.63, 3.8) is 0 Å². The van der Waals surface area contributed by atoms with Crippen LogP contribution < -0.4 is 5.32 Å².